The maximum atomic E-state index is 4.33. The molecule has 1 saturated carbocycles. The van der Waals surface area contributed by atoms with Gasteiger partial charge in [0, 0.05) is 10.5 Å². The first-order chi connectivity index (χ1) is 8.74. The molecular formula is C13H15BrN4. The van der Waals surface area contributed by atoms with Gasteiger partial charge in [-0.3, -0.25) is 0 Å². The van der Waals surface area contributed by atoms with Crippen molar-refractivity contribution in [1.82, 2.24) is 20.1 Å². The Hall–Kier alpha value is -1.20. The summed E-state index contributed by atoms with van der Waals surface area (Å²) in [6.45, 7) is 2.86. The Balaban J connectivity index is 1.88. The molecule has 5 heteroatoms. The SMILES string of the molecule is Cc1cc(Br)ccc1-n1ncnc1CNC1CC1. The zero-order valence-electron chi connectivity index (χ0n) is 10.2. The number of aromatic nitrogens is 3. The maximum absolute atomic E-state index is 4.33. The van der Waals surface area contributed by atoms with Crippen molar-refractivity contribution in [3.63, 3.8) is 0 Å². The lowest BCUT2D eigenvalue weighted by Crippen LogP contribution is -2.19. The third-order valence-corrected chi connectivity index (χ3v) is 3.62. The van der Waals surface area contributed by atoms with Gasteiger partial charge in [0.2, 0.25) is 0 Å². The zero-order valence-corrected chi connectivity index (χ0v) is 11.8. The predicted octanol–water partition coefficient (Wildman–Crippen LogP) is 2.59. The summed E-state index contributed by atoms with van der Waals surface area (Å²) in [6, 6.07) is 6.87. The molecule has 1 aromatic carbocycles. The second-order valence-electron chi connectivity index (χ2n) is 4.67. The molecule has 1 aromatic heterocycles. The van der Waals surface area contributed by atoms with E-state index in [1.807, 2.05) is 10.7 Å². The van der Waals surface area contributed by atoms with Crippen LogP contribution >= 0.6 is 15.9 Å². The third-order valence-electron chi connectivity index (χ3n) is 3.13. The molecule has 0 aliphatic heterocycles. The van der Waals surface area contributed by atoms with E-state index in [1.165, 1.54) is 18.4 Å². The van der Waals surface area contributed by atoms with Crippen molar-refractivity contribution < 1.29 is 0 Å². The average molecular weight is 307 g/mol. The minimum absolute atomic E-state index is 0.682. The standard InChI is InChI=1S/C13H15BrN4/c1-9-6-10(14)2-5-12(9)18-13(16-8-17-18)7-15-11-3-4-11/h2,5-6,8,11,15H,3-4,7H2,1H3. The topological polar surface area (TPSA) is 42.7 Å². The van der Waals surface area contributed by atoms with Gasteiger partial charge in [0.25, 0.3) is 0 Å². The van der Waals surface area contributed by atoms with Crippen LogP contribution in [0.15, 0.2) is 29.0 Å². The van der Waals surface area contributed by atoms with Gasteiger partial charge in [-0.25, -0.2) is 9.67 Å². The lowest BCUT2D eigenvalue weighted by molar-refractivity contribution is 0.637. The van der Waals surface area contributed by atoms with Gasteiger partial charge in [0.15, 0.2) is 0 Å². The predicted molar refractivity (Wildman–Crippen MR) is 73.7 cm³/mol. The summed E-state index contributed by atoms with van der Waals surface area (Å²) in [5, 5.41) is 7.79. The number of hydrogen-bond donors (Lipinski definition) is 1. The summed E-state index contributed by atoms with van der Waals surface area (Å²) >= 11 is 3.48. The van der Waals surface area contributed by atoms with E-state index in [-0.39, 0.29) is 0 Å². The number of rotatable bonds is 4. The van der Waals surface area contributed by atoms with E-state index >= 15 is 0 Å². The molecule has 0 radical (unpaired) electrons. The minimum atomic E-state index is 0.682. The quantitative estimate of drug-likeness (QED) is 0.944. The van der Waals surface area contributed by atoms with Crippen molar-refractivity contribution in [3.8, 4) is 5.69 Å². The normalized spacial score (nSPS) is 15.0. The van der Waals surface area contributed by atoms with Gasteiger partial charge in [-0.1, -0.05) is 15.9 Å². The smallest absolute Gasteiger partial charge is 0.146 e. The molecule has 1 N–H and O–H groups in total. The summed E-state index contributed by atoms with van der Waals surface area (Å²) in [4.78, 5) is 4.33. The monoisotopic (exact) mass is 306 g/mol. The van der Waals surface area contributed by atoms with Crippen molar-refractivity contribution in [2.45, 2.75) is 32.4 Å². The second-order valence-corrected chi connectivity index (χ2v) is 5.59. The minimum Gasteiger partial charge on any atom is -0.307 e. The third kappa shape index (κ3) is 2.47. The van der Waals surface area contributed by atoms with Crippen LogP contribution in [0.1, 0.15) is 24.2 Å². The molecule has 0 spiro atoms. The fourth-order valence-corrected chi connectivity index (χ4v) is 2.44. The first-order valence-electron chi connectivity index (χ1n) is 6.13. The lowest BCUT2D eigenvalue weighted by Gasteiger charge is -2.09. The molecule has 0 amide bonds. The Morgan fingerprint density at radius 1 is 1.44 bits per heavy atom. The van der Waals surface area contributed by atoms with Gasteiger partial charge in [-0.15, -0.1) is 0 Å². The molecule has 1 fully saturated rings. The van der Waals surface area contributed by atoms with Crippen LogP contribution in [-0.2, 0) is 6.54 Å². The molecule has 94 valence electrons. The van der Waals surface area contributed by atoms with Crippen molar-refractivity contribution in [1.29, 1.82) is 0 Å². The van der Waals surface area contributed by atoms with E-state index in [0.29, 0.717) is 6.04 Å². The highest BCUT2D eigenvalue weighted by atomic mass is 79.9. The van der Waals surface area contributed by atoms with Crippen LogP contribution in [0.5, 0.6) is 0 Å². The molecule has 4 nitrogen and oxygen atoms in total. The molecule has 2 aromatic rings. The average Bonchev–Trinajstić information content (AvgIpc) is 3.06. The molecule has 1 heterocycles. The number of hydrogen-bond acceptors (Lipinski definition) is 3. The Kier molecular flexibility index (Phi) is 3.18. The van der Waals surface area contributed by atoms with Crippen molar-refractivity contribution in [3.05, 3.63) is 40.4 Å². The highest BCUT2D eigenvalue weighted by molar-refractivity contribution is 9.10. The van der Waals surface area contributed by atoms with Crippen LogP contribution < -0.4 is 5.32 Å². The van der Waals surface area contributed by atoms with Gasteiger partial charge >= 0.3 is 0 Å². The van der Waals surface area contributed by atoms with Gasteiger partial charge in [0.1, 0.15) is 12.2 Å². The van der Waals surface area contributed by atoms with Crippen LogP contribution in [0, 0.1) is 6.92 Å². The number of aryl methyl sites for hydroxylation is 1. The van der Waals surface area contributed by atoms with Crippen LogP contribution in [0.2, 0.25) is 0 Å². The zero-order chi connectivity index (χ0) is 12.5. The van der Waals surface area contributed by atoms with Crippen molar-refractivity contribution in [2.75, 3.05) is 0 Å². The Morgan fingerprint density at radius 3 is 3.00 bits per heavy atom. The summed E-state index contributed by atoms with van der Waals surface area (Å²) < 4.78 is 3.00. The molecule has 1 aliphatic rings. The molecular weight excluding hydrogens is 292 g/mol. The highest BCUT2D eigenvalue weighted by Gasteiger charge is 2.21. The Morgan fingerprint density at radius 2 is 2.28 bits per heavy atom. The summed E-state index contributed by atoms with van der Waals surface area (Å²) in [6.07, 6.45) is 4.18. The fraction of sp³-hybridized carbons (Fsp3) is 0.385. The first kappa shape index (κ1) is 11.9. The van der Waals surface area contributed by atoms with E-state index in [9.17, 15) is 0 Å². The lowest BCUT2D eigenvalue weighted by atomic mass is 10.2. The van der Waals surface area contributed by atoms with Crippen molar-refractivity contribution in [2.24, 2.45) is 0 Å². The van der Waals surface area contributed by atoms with Crippen molar-refractivity contribution >= 4 is 15.9 Å². The van der Waals surface area contributed by atoms with E-state index in [1.54, 1.807) is 6.33 Å². The van der Waals surface area contributed by atoms with E-state index in [2.05, 4.69) is 50.4 Å². The Bertz CT molecular complexity index is 560. The number of nitrogens with one attached hydrogen (secondary N) is 1. The summed E-state index contributed by atoms with van der Waals surface area (Å²) in [5.74, 6) is 0.965. The molecule has 18 heavy (non-hydrogen) atoms. The Labute approximate surface area is 115 Å². The molecule has 0 unspecified atom stereocenters. The maximum Gasteiger partial charge on any atom is 0.146 e. The largest absolute Gasteiger partial charge is 0.307 e. The summed E-state index contributed by atoms with van der Waals surface area (Å²) in [5.41, 5.74) is 2.27. The fourth-order valence-electron chi connectivity index (χ4n) is 1.97. The highest BCUT2D eigenvalue weighted by Crippen LogP contribution is 2.21. The molecule has 0 atom stereocenters. The number of nitrogens with zero attached hydrogens (tertiary/aromatic N) is 3. The van der Waals surface area contributed by atoms with E-state index < -0.39 is 0 Å². The molecule has 3 rings (SSSR count). The van der Waals surface area contributed by atoms with Crippen LogP contribution in [-0.4, -0.2) is 20.8 Å². The van der Waals surface area contributed by atoms with E-state index in [4.69, 9.17) is 0 Å². The molecule has 1 aliphatic carbocycles. The molecule has 0 saturated heterocycles. The first-order valence-corrected chi connectivity index (χ1v) is 6.92. The second kappa shape index (κ2) is 4.82. The van der Waals surface area contributed by atoms with Crippen LogP contribution in [0.3, 0.4) is 0 Å². The van der Waals surface area contributed by atoms with Gasteiger partial charge in [-0.05, 0) is 43.5 Å². The number of halogens is 1. The van der Waals surface area contributed by atoms with Gasteiger partial charge in [-0.2, -0.15) is 5.10 Å². The number of benzene rings is 1. The van der Waals surface area contributed by atoms with Crippen LogP contribution in [0.25, 0.3) is 5.69 Å². The van der Waals surface area contributed by atoms with Gasteiger partial charge in [0.05, 0.1) is 12.2 Å². The molecule has 0 bridgehead atoms. The summed E-state index contributed by atoms with van der Waals surface area (Å²) in [7, 11) is 0. The van der Waals surface area contributed by atoms with E-state index in [0.717, 1.165) is 22.5 Å². The van der Waals surface area contributed by atoms with Crippen LogP contribution in [0.4, 0.5) is 0 Å². The van der Waals surface area contributed by atoms with Gasteiger partial charge < -0.3 is 5.32 Å².